The molecule has 0 atom stereocenters. The van der Waals surface area contributed by atoms with Crippen molar-refractivity contribution >= 4 is 21.5 Å². The molecule has 90 valence electrons. The Morgan fingerprint density at radius 3 is 2.28 bits per heavy atom. The third-order valence-electron chi connectivity index (χ3n) is 3.09. The van der Waals surface area contributed by atoms with Crippen molar-refractivity contribution in [3.63, 3.8) is 0 Å². The molecule has 0 saturated heterocycles. The number of halogens is 3. The van der Waals surface area contributed by atoms with Crippen LogP contribution in [-0.2, 0) is 0 Å². The quantitative estimate of drug-likeness (QED) is 0.397. The molecule has 18 heavy (non-hydrogen) atoms. The van der Waals surface area contributed by atoms with Crippen molar-refractivity contribution in [2.24, 2.45) is 0 Å². The number of hydrogen-bond acceptors (Lipinski definition) is 0. The van der Waals surface area contributed by atoms with E-state index in [-0.39, 0.29) is 5.39 Å². The van der Waals surface area contributed by atoms with Gasteiger partial charge in [-0.2, -0.15) is 0 Å². The number of hydrogen-bond donors (Lipinski definition) is 0. The van der Waals surface area contributed by atoms with E-state index in [9.17, 15) is 13.2 Å². The molecule has 0 amide bonds. The van der Waals surface area contributed by atoms with Gasteiger partial charge in [-0.05, 0) is 41.3 Å². The standard InChI is InChI=1S/C15H9F3/c1-8-2-3-9-6-12-11(5-10(9)4-8)7-13(16)15(18)14(12)17/h2-7H,1H3. The summed E-state index contributed by atoms with van der Waals surface area (Å²) in [6.45, 7) is 1.94. The van der Waals surface area contributed by atoms with Gasteiger partial charge in [-0.3, -0.25) is 0 Å². The summed E-state index contributed by atoms with van der Waals surface area (Å²) in [5.74, 6) is -3.71. The Bertz CT molecular complexity index is 776. The van der Waals surface area contributed by atoms with Crippen LogP contribution >= 0.6 is 0 Å². The van der Waals surface area contributed by atoms with Gasteiger partial charge in [-0.25, -0.2) is 13.2 Å². The first-order valence-corrected chi connectivity index (χ1v) is 5.54. The van der Waals surface area contributed by atoms with E-state index in [2.05, 4.69) is 0 Å². The largest absolute Gasteiger partial charge is 0.204 e. The van der Waals surface area contributed by atoms with Crippen LogP contribution in [0.1, 0.15) is 5.56 Å². The molecule has 0 fully saturated rings. The highest BCUT2D eigenvalue weighted by molar-refractivity contribution is 5.98. The summed E-state index contributed by atoms with van der Waals surface area (Å²) < 4.78 is 40.0. The van der Waals surface area contributed by atoms with Gasteiger partial charge in [-0.1, -0.05) is 23.8 Å². The van der Waals surface area contributed by atoms with Crippen molar-refractivity contribution in [3.8, 4) is 0 Å². The van der Waals surface area contributed by atoms with Crippen LogP contribution in [0.15, 0.2) is 36.4 Å². The van der Waals surface area contributed by atoms with Gasteiger partial charge in [0.05, 0.1) is 0 Å². The highest BCUT2D eigenvalue weighted by Crippen LogP contribution is 2.28. The maximum absolute atomic E-state index is 13.7. The molecule has 0 N–H and O–H groups in total. The molecular formula is C15H9F3. The molecule has 0 radical (unpaired) electrons. The highest BCUT2D eigenvalue weighted by Gasteiger charge is 2.13. The second kappa shape index (κ2) is 3.73. The molecule has 0 aliphatic carbocycles. The summed E-state index contributed by atoms with van der Waals surface area (Å²) in [6, 6.07) is 9.89. The first kappa shape index (κ1) is 11.1. The van der Waals surface area contributed by atoms with E-state index < -0.39 is 17.5 Å². The third kappa shape index (κ3) is 1.55. The summed E-state index contributed by atoms with van der Waals surface area (Å²) in [4.78, 5) is 0. The van der Waals surface area contributed by atoms with Gasteiger partial charge in [0.2, 0.25) is 0 Å². The fourth-order valence-electron chi connectivity index (χ4n) is 2.17. The second-order valence-electron chi connectivity index (χ2n) is 4.41. The third-order valence-corrected chi connectivity index (χ3v) is 3.09. The lowest BCUT2D eigenvalue weighted by atomic mass is 10.0. The maximum atomic E-state index is 13.7. The van der Waals surface area contributed by atoms with Crippen LogP contribution in [0.25, 0.3) is 21.5 Å². The smallest absolute Gasteiger partial charge is 0.195 e. The molecule has 0 saturated carbocycles. The SMILES string of the molecule is Cc1ccc2cc3c(F)c(F)c(F)cc3cc2c1. The minimum absolute atomic E-state index is 0.102. The number of fused-ring (bicyclic) bond motifs is 2. The Hall–Kier alpha value is -2.03. The zero-order chi connectivity index (χ0) is 12.9. The number of rotatable bonds is 0. The lowest BCUT2D eigenvalue weighted by Gasteiger charge is -2.06. The number of aryl methyl sites for hydroxylation is 1. The van der Waals surface area contributed by atoms with E-state index in [1.54, 1.807) is 12.1 Å². The Morgan fingerprint density at radius 1 is 0.722 bits per heavy atom. The highest BCUT2D eigenvalue weighted by atomic mass is 19.2. The van der Waals surface area contributed by atoms with Crippen molar-refractivity contribution in [2.75, 3.05) is 0 Å². The van der Waals surface area contributed by atoms with Gasteiger partial charge in [0.15, 0.2) is 17.5 Å². The van der Waals surface area contributed by atoms with Gasteiger partial charge in [0, 0.05) is 5.39 Å². The average molecular weight is 246 g/mol. The summed E-state index contributed by atoms with van der Waals surface area (Å²) in [5, 5.41) is 2.15. The molecule has 0 aromatic heterocycles. The predicted octanol–water partition coefficient (Wildman–Crippen LogP) is 4.72. The number of benzene rings is 3. The van der Waals surface area contributed by atoms with Crippen molar-refractivity contribution in [1.29, 1.82) is 0 Å². The van der Waals surface area contributed by atoms with Gasteiger partial charge < -0.3 is 0 Å². The molecule has 3 heteroatoms. The summed E-state index contributed by atoms with van der Waals surface area (Å²) in [6.07, 6.45) is 0. The van der Waals surface area contributed by atoms with E-state index >= 15 is 0 Å². The molecule has 0 unspecified atom stereocenters. The van der Waals surface area contributed by atoms with Crippen LogP contribution in [0, 0.1) is 24.4 Å². The first-order chi connectivity index (χ1) is 8.56. The minimum atomic E-state index is -1.42. The fourth-order valence-corrected chi connectivity index (χ4v) is 2.17. The monoisotopic (exact) mass is 246 g/mol. The summed E-state index contributed by atoms with van der Waals surface area (Å²) >= 11 is 0. The second-order valence-corrected chi connectivity index (χ2v) is 4.41. The normalized spacial score (nSPS) is 11.3. The van der Waals surface area contributed by atoms with Gasteiger partial charge in [-0.15, -0.1) is 0 Å². The lowest BCUT2D eigenvalue weighted by molar-refractivity contribution is 0.453. The molecule has 3 aromatic rings. The van der Waals surface area contributed by atoms with E-state index in [4.69, 9.17) is 0 Å². The van der Waals surface area contributed by atoms with E-state index in [1.807, 2.05) is 25.1 Å². The summed E-state index contributed by atoms with van der Waals surface area (Å²) in [5.41, 5.74) is 1.06. The Kier molecular flexibility index (Phi) is 2.30. The predicted molar refractivity (Wildman–Crippen MR) is 66.1 cm³/mol. The zero-order valence-corrected chi connectivity index (χ0v) is 9.60. The zero-order valence-electron chi connectivity index (χ0n) is 9.60. The van der Waals surface area contributed by atoms with Crippen molar-refractivity contribution < 1.29 is 13.2 Å². The fraction of sp³-hybridized carbons (Fsp3) is 0.0667. The van der Waals surface area contributed by atoms with E-state index in [0.717, 1.165) is 22.4 Å². The Morgan fingerprint density at radius 2 is 1.50 bits per heavy atom. The van der Waals surface area contributed by atoms with Gasteiger partial charge in [0.1, 0.15) is 0 Å². The van der Waals surface area contributed by atoms with E-state index in [0.29, 0.717) is 5.39 Å². The van der Waals surface area contributed by atoms with Gasteiger partial charge in [0.25, 0.3) is 0 Å². The molecule has 0 bridgehead atoms. The van der Waals surface area contributed by atoms with Crippen molar-refractivity contribution in [1.82, 2.24) is 0 Å². The summed E-state index contributed by atoms with van der Waals surface area (Å²) in [7, 11) is 0. The van der Waals surface area contributed by atoms with Crippen molar-refractivity contribution in [3.05, 3.63) is 59.4 Å². The average Bonchev–Trinajstić information content (AvgIpc) is 2.34. The van der Waals surface area contributed by atoms with Crippen LogP contribution in [0.4, 0.5) is 13.2 Å². The van der Waals surface area contributed by atoms with Gasteiger partial charge >= 0.3 is 0 Å². The topological polar surface area (TPSA) is 0 Å². The van der Waals surface area contributed by atoms with Crippen molar-refractivity contribution in [2.45, 2.75) is 6.92 Å². The lowest BCUT2D eigenvalue weighted by Crippen LogP contribution is -1.92. The molecule has 3 aromatic carbocycles. The van der Waals surface area contributed by atoms with Crippen LogP contribution in [0.3, 0.4) is 0 Å². The molecule has 0 heterocycles. The minimum Gasteiger partial charge on any atom is -0.204 e. The molecule has 0 aliphatic heterocycles. The van der Waals surface area contributed by atoms with E-state index in [1.165, 1.54) is 0 Å². The van der Waals surface area contributed by atoms with Crippen LogP contribution in [0.5, 0.6) is 0 Å². The molecule has 3 rings (SSSR count). The molecule has 0 aliphatic rings. The Balaban J connectivity index is 2.49. The Labute approximate surface area is 102 Å². The molecule has 0 nitrogen and oxygen atoms in total. The molecule has 0 spiro atoms. The van der Waals surface area contributed by atoms with Crippen LogP contribution in [0.2, 0.25) is 0 Å². The van der Waals surface area contributed by atoms with Crippen LogP contribution < -0.4 is 0 Å². The first-order valence-electron chi connectivity index (χ1n) is 5.54. The maximum Gasteiger partial charge on any atom is 0.195 e. The molecular weight excluding hydrogens is 237 g/mol. The van der Waals surface area contributed by atoms with Crippen LogP contribution in [-0.4, -0.2) is 0 Å².